The van der Waals surface area contributed by atoms with E-state index in [2.05, 4.69) is 44.4 Å². The monoisotopic (exact) mass is 349 g/mol. The van der Waals surface area contributed by atoms with Gasteiger partial charge >= 0.3 is 0 Å². The first-order chi connectivity index (χ1) is 12.7. The van der Waals surface area contributed by atoms with E-state index in [-0.39, 0.29) is 6.04 Å². The molecule has 2 fully saturated rings. The Kier molecular flexibility index (Phi) is 3.69. The molecule has 3 aliphatic heterocycles. The number of para-hydroxylation sites is 1. The van der Waals surface area contributed by atoms with Gasteiger partial charge in [-0.2, -0.15) is 0 Å². The van der Waals surface area contributed by atoms with Crippen LogP contribution < -0.4 is 10.2 Å². The fourth-order valence-electron chi connectivity index (χ4n) is 4.19. The van der Waals surface area contributed by atoms with E-state index in [1.165, 1.54) is 5.39 Å². The second-order valence-corrected chi connectivity index (χ2v) is 7.44. The van der Waals surface area contributed by atoms with Crippen LogP contribution in [0.5, 0.6) is 0 Å². The summed E-state index contributed by atoms with van der Waals surface area (Å²) in [5.74, 6) is 1.02. The van der Waals surface area contributed by atoms with Gasteiger partial charge in [0.2, 0.25) is 0 Å². The lowest BCUT2D eigenvalue weighted by atomic mass is 9.90. The van der Waals surface area contributed by atoms with Gasteiger partial charge in [0, 0.05) is 43.6 Å². The Balaban J connectivity index is 1.32. The summed E-state index contributed by atoms with van der Waals surface area (Å²) in [4.78, 5) is 13.7. The number of hydrogen-bond acceptors (Lipinski definition) is 6. The van der Waals surface area contributed by atoms with Crippen LogP contribution in [0, 0.1) is 0 Å². The van der Waals surface area contributed by atoms with Crippen LogP contribution in [-0.2, 0) is 0 Å². The van der Waals surface area contributed by atoms with Crippen LogP contribution in [0.1, 0.15) is 6.42 Å². The maximum absolute atomic E-state index is 11.0. The molecule has 6 heteroatoms. The molecule has 6 nitrogen and oxygen atoms in total. The lowest BCUT2D eigenvalue weighted by Gasteiger charge is -2.50. The quantitative estimate of drug-likeness (QED) is 0.876. The van der Waals surface area contributed by atoms with Crippen molar-refractivity contribution in [1.82, 2.24) is 15.2 Å². The van der Waals surface area contributed by atoms with Crippen LogP contribution in [0.2, 0.25) is 0 Å². The van der Waals surface area contributed by atoms with E-state index in [9.17, 15) is 5.11 Å². The standard InChI is InChI=1S/C20H23N5O/c26-20(7-8-22-14-20)18-11-21-9-10-25(18)16-12-24(13-16)19-6-5-15-3-1-2-4-17(15)23-19/h1-6,9-11,16,18,22,26H,7-8,12-14H2. The third kappa shape index (κ3) is 2.57. The zero-order valence-corrected chi connectivity index (χ0v) is 14.6. The Morgan fingerprint density at radius 1 is 1.15 bits per heavy atom. The van der Waals surface area contributed by atoms with E-state index >= 15 is 0 Å². The number of nitrogens with zero attached hydrogens (tertiary/aromatic N) is 4. The zero-order valence-electron chi connectivity index (χ0n) is 14.6. The molecule has 0 spiro atoms. The molecule has 1 aromatic carbocycles. The maximum atomic E-state index is 11.0. The van der Waals surface area contributed by atoms with Gasteiger partial charge in [-0.25, -0.2) is 4.98 Å². The smallest absolute Gasteiger partial charge is 0.129 e. The zero-order chi connectivity index (χ0) is 17.6. The van der Waals surface area contributed by atoms with Crippen molar-refractivity contribution in [3.8, 4) is 0 Å². The molecule has 0 bridgehead atoms. The van der Waals surface area contributed by atoms with E-state index in [0.29, 0.717) is 12.6 Å². The molecule has 2 aromatic rings. The minimum Gasteiger partial charge on any atom is -0.386 e. The number of fused-ring (bicyclic) bond motifs is 1. The van der Waals surface area contributed by atoms with Crippen molar-refractivity contribution in [1.29, 1.82) is 0 Å². The molecule has 1 aromatic heterocycles. The second kappa shape index (κ2) is 6.07. The summed E-state index contributed by atoms with van der Waals surface area (Å²) in [6, 6.07) is 12.7. The minimum absolute atomic E-state index is 0.0702. The van der Waals surface area contributed by atoms with Crippen molar-refractivity contribution in [2.75, 3.05) is 31.1 Å². The summed E-state index contributed by atoms with van der Waals surface area (Å²) in [5, 5.41) is 15.4. The van der Waals surface area contributed by atoms with Gasteiger partial charge in [0.15, 0.2) is 0 Å². The van der Waals surface area contributed by atoms with E-state index in [0.717, 1.165) is 37.4 Å². The van der Waals surface area contributed by atoms with Gasteiger partial charge in [0.1, 0.15) is 11.4 Å². The normalized spacial score (nSPS) is 28.7. The molecule has 134 valence electrons. The number of aliphatic imine (C=N–C) groups is 1. The van der Waals surface area contributed by atoms with Crippen molar-refractivity contribution in [2.45, 2.75) is 24.1 Å². The first-order valence-corrected chi connectivity index (χ1v) is 9.24. The number of anilines is 1. The van der Waals surface area contributed by atoms with Crippen molar-refractivity contribution < 1.29 is 5.11 Å². The first-order valence-electron chi connectivity index (χ1n) is 9.24. The molecule has 0 radical (unpaired) electrons. The highest BCUT2D eigenvalue weighted by molar-refractivity contribution is 5.80. The van der Waals surface area contributed by atoms with Gasteiger partial charge in [-0.3, -0.25) is 4.99 Å². The Bertz CT molecular complexity index is 867. The fourth-order valence-corrected chi connectivity index (χ4v) is 4.19. The number of rotatable bonds is 3. The number of benzene rings is 1. The van der Waals surface area contributed by atoms with E-state index in [1.54, 1.807) is 0 Å². The minimum atomic E-state index is -0.740. The van der Waals surface area contributed by atoms with Crippen molar-refractivity contribution in [3.05, 3.63) is 48.8 Å². The Morgan fingerprint density at radius 2 is 2.04 bits per heavy atom. The fraction of sp³-hybridized carbons (Fsp3) is 0.400. The van der Waals surface area contributed by atoms with E-state index in [1.807, 2.05) is 30.7 Å². The predicted molar refractivity (Wildman–Crippen MR) is 103 cm³/mol. The average molecular weight is 349 g/mol. The van der Waals surface area contributed by atoms with Crippen LogP contribution in [0.15, 0.2) is 53.8 Å². The van der Waals surface area contributed by atoms with Crippen LogP contribution in [0.4, 0.5) is 5.82 Å². The molecule has 26 heavy (non-hydrogen) atoms. The Hall–Kier alpha value is -2.44. The Labute approximate surface area is 152 Å². The SMILES string of the molecule is OC1(C2C=NC=CN2C2CN(c3ccc4ccccc4n3)C2)CCNC1. The van der Waals surface area contributed by atoms with E-state index in [4.69, 9.17) is 4.98 Å². The number of aromatic nitrogens is 1. The highest BCUT2D eigenvalue weighted by Gasteiger charge is 2.45. The highest BCUT2D eigenvalue weighted by atomic mass is 16.3. The molecule has 2 saturated heterocycles. The number of pyridine rings is 1. The summed E-state index contributed by atoms with van der Waals surface area (Å²) in [6.07, 6.45) is 6.50. The van der Waals surface area contributed by atoms with Crippen LogP contribution >= 0.6 is 0 Å². The molecule has 4 heterocycles. The Morgan fingerprint density at radius 3 is 2.88 bits per heavy atom. The van der Waals surface area contributed by atoms with Crippen LogP contribution in [0.25, 0.3) is 10.9 Å². The molecule has 2 N–H and O–H groups in total. The molecule has 5 rings (SSSR count). The maximum Gasteiger partial charge on any atom is 0.129 e. The van der Waals surface area contributed by atoms with Crippen LogP contribution in [0.3, 0.4) is 0 Å². The first kappa shape index (κ1) is 15.8. The van der Waals surface area contributed by atoms with Gasteiger partial charge in [-0.1, -0.05) is 18.2 Å². The largest absolute Gasteiger partial charge is 0.386 e. The number of aliphatic hydroxyl groups is 1. The van der Waals surface area contributed by atoms with E-state index < -0.39 is 5.60 Å². The summed E-state index contributed by atoms with van der Waals surface area (Å²) < 4.78 is 0. The summed E-state index contributed by atoms with van der Waals surface area (Å²) in [7, 11) is 0. The molecule has 0 amide bonds. The van der Waals surface area contributed by atoms with Gasteiger partial charge in [-0.05, 0) is 31.2 Å². The number of hydrogen-bond donors (Lipinski definition) is 2. The van der Waals surface area contributed by atoms with Crippen molar-refractivity contribution >= 4 is 22.9 Å². The topological polar surface area (TPSA) is 64.0 Å². The van der Waals surface area contributed by atoms with Gasteiger partial charge < -0.3 is 20.2 Å². The summed E-state index contributed by atoms with van der Waals surface area (Å²) in [5.41, 5.74) is 0.290. The number of β-amino-alcohol motifs (C(OH)–C–C–N with tert-alkyl or cyclic N) is 1. The summed E-state index contributed by atoms with van der Waals surface area (Å²) in [6.45, 7) is 3.29. The van der Waals surface area contributed by atoms with Crippen LogP contribution in [-0.4, -0.2) is 65.1 Å². The highest BCUT2D eigenvalue weighted by Crippen LogP contribution is 2.31. The van der Waals surface area contributed by atoms with Crippen molar-refractivity contribution in [3.63, 3.8) is 0 Å². The molecule has 3 aliphatic rings. The molecular weight excluding hydrogens is 326 g/mol. The third-order valence-corrected chi connectivity index (χ3v) is 5.78. The lowest BCUT2D eigenvalue weighted by molar-refractivity contribution is -0.00402. The molecular formula is C20H23N5O. The van der Waals surface area contributed by atoms with Gasteiger partial charge in [0.25, 0.3) is 0 Å². The lowest BCUT2D eigenvalue weighted by Crippen LogP contribution is -2.65. The van der Waals surface area contributed by atoms with Gasteiger partial charge in [-0.15, -0.1) is 0 Å². The molecule has 0 aliphatic carbocycles. The summed E-state index contributed by atoms with van der Waals surface area (Å²) >= 11 is 0. The predicted octanol–water partition coefficient (Wildman–Crippen LogP) is 1.37. The van der Waals surface area contributed by atoms with Crippen molar-refractivity contribution in [2.24, 2.45) is 4.99 Å². The number of nitrogens with one attached hydrogen (secondary N) is 1. The molecule has 0 saturated carbocycles. The molecule has 2 unspecified atom stereocenters. The second-order valence-electron chi connectivity index (χ2n) is 7.44. The molecule has 2 atom stereocenters. The third-order valence-electron chi connectivity index (χ3n) is 5.78. The average Bonchev–Trinajstić information content (AvgIpc) is 3.08. The van der Waals surface area contributed by atoms with Gasteiger partial charge in [0.05, 0.1) is 17.6 Å².